The zero-order valence-electron chi connectivity index (χ0n) is 17.1. The van der Waals surface area contributed by atoms with Crippen molar-refractivity contribution < 1.29 is 22.8 Å². The summed E-state index contributed by atoms with van der Waals surface area (Å²) in [5, 5.41) is 0. The number of anilines is 1. The normalized spacial score (nSPS) is 24.0. The van der Waals surface area contributed by atoms with Gasteiger partial charge in [0.25, 0.3) is 5.91 Å². The lowest BCUT2D eigenvalue weighted by molar-refractivity contribution is -0.138. The second kappa shape index (κ2) is 6.75. The average Bonchev–Trinajstić information content (AvgIpc) is 3.19. The van der Waals surface area contributed by atoms with Crippen molar-refractivity contribution >= 4 is 23.6 Å². The molecule has 3 heterocycles. The second-order valence-electron chi connectivity index (χ2n) is 7.59. The van der Waals surface area contributed by atoms with E-state index in [2.05, 4.69) is 4.99 Å². The number of hydrogen-bond donors (Lipinski definition) is 0. The van der Waals surface area contributed by atoms with Gasteiger partial charge in [0, 0.05) is 30.7 Å². The largest absolute Gasteiger partial charge is 0.416 e. The maximum Gasteiger partial charge on any atom is 0.416 e. The first kappa shape index (κ1) is 20.2. The van der Waals surface area contributed by atoms with Crippen molar-refractivity contribution in [1.29, 1.82) is 0 Å². The number of carbonyl (C=O) groups excluding carboxylic acids is 2. The highest BCUT2D eigenvalue weighted by Gasteiger charge is 2.55. The van der Waals surface area contributed by atoms with Gasteiger partial charge in [0.1, 0.15) is 0 Å². The van der Waals surface area contributed by atoms with Crippen molar-refractivity contribution in [2.75, 3.05) is 18.5 Å². The fourth-order valence-corrected chi connectivity index (χ4v) is 4.15. The van der Waals surface area contributed by atoms with Crippen LogP contribution in [-0.4, -0.2) is 58.4 Å². The van der Waals surface area contributed by atoms with Crippen LogP contribution in [0.5, 0.6) is 0 Å². The van der Waals surface area contributed by atoms with Crippen LogP contribution in [0.3, 0.4) is 0 Å². The molecule has 0 aliphatic carbocycles. The summed E-state index contributed by atoms with van der Waals surface area (Å²) < 4.78 is 38.8. The second-order valence-corrected chi connectivity index (χ2v) is 7.59. The first-order valence-electron chi connectivity index (χ1n) is 9.68. The van der Waals surface area contributed by atoms with Crippen LogP contribution in [0, 0.1) is 0 Å². The van der Waals surface area contributed by atoms with E-state index in [0.29, 0.717) is 24.6 Å². The number of carbonyl (C=O) groups is 2. The summed E-state index contributed by atoms with van der Waals surface area (Å²) in [5.41, 5.74) is 1.31. The van der Waals surface area contributed by atoms with Crippen LogP contribution in [0.25, 0.3) is 0 Å². The Morgan fingerprint density at radius 1 is 1.07 bits per heavy atom. The lowest BCUT2D eigenvalue weighted by Gasteiger charge is -2.40. The molecule has 0 aromatic heterocycles. The molecule has 0 saturated carbocycles. The van der Waals surface area contributed by atoms with Gasteiger partial charge in [-0.15, -0.1) is 0 Å². The molecule has 2 atom stereocenters. The Bertz CT molecular complexity index is 970. The van der Waals surface area contributed by atoms with Crippen LogP contribution >= 0.6 is 0 Å². The molecule has 2 unspecified atom stereocenters. The van der Waals surface area contributed by atoms with Gasteiger partial charge in [-0.1, -0.05) is 6.92 Å². The molecule has 1 aromatic rings. The Labute approximate surface area is 172 Å². The van der Waals surface area contributed by atoms with E-state index in [1.165, 1.54) is 21.9 Å². The Balaban J connectivity index is 1.73. The molecular weight excluding hydrogens is 399 g/mol. The first-order chi connectivity index (χ1) is 14.1. The van der Waals surface area contributed by atoms with Crippen LogP contribution in [0.15, 0.2) is 40.7 Å². The summed E-state index contributed by atoms with van der Waals surface area (Å²) in [6.45, 7) is 5.87. The number of amides is 3. The van der Waals surface area contributed by atoms with E-state index in [9.17, 15) is 22.8 Å². The maximum absolute atomic E-state index is 13.1. The van der Waals surface area contributed by atoms with Crippen LogP contribution in [-0.2, 0) is 11.0 Å². The van der Waals surface area contributed by atoms with E-state index >= 15 is 0 Å². The van der Waals surface area contributed by atoms with E-state index < -0.39 is 30.0 Å². The highest BCUT2D eigenvalue weighted by Crippen LogP contribution is 2.40. The topological polar surface area (TPSA) is 59.5 Å². The van der Waals surface area contributed by atoms with Gasteiger partial charge in [0.2, 0.25) is 5.96 Å². The van der Waals surface area contributed by atoms with Gasteiger partial charge in [-0.3, -0.25) is 19.5 Å². The number of likely N-dealkylation sites (N-methyl/N-ethyl adjacent to an activating group) is 1. The van der Waals surface area contributed by atoms with Crippen molar-refractivity contribution in [3.63, 3.8) is 0 Å². The monoisotopic (exact) mass is 421 g/mol. The molecule has 1 saturated heterocycles. The molecule has 0 N–H and O–H groups in total. The number of rotatable bonds is 3. The van der Waals surface area contributed by atoms with Gasteiger partial charge in [0.05, 0.1) is 5.56 Å². The number of allylic oxidation sites excluding steroid dienone is 2. The summed E-state index contributed by atoms with van der Waals surface area (Å²) in [5.74, 6) is 0.122. The molecule has 0 radical (unpaired) electrons. The number of halogens is 3. The number of imide groups is 1. The van der Waals surface area contributed by atoms with E-state index in [-0.39, 0.29) is 5.91 Å². The highest BCUT2D eigenvalue weighted by atomic mass is 19.4. The highest BCUT2D eigenvalue weighted by molar-refractivity contribution is 6.10. The van der Waals surface area contributed by atoms with Crippen molar-refractivity contribution in [1.82, 2.24) is 14.7 Å². The molecule has 3 aliphatic heterocycles. The van der Waals surface area contributed by atoms with Crippen molar-refractivity contribution in [2.24, 2.45) is 4.99 Å². The van der Waals surface area contributed by atoms with Crippen LogP contribution < -0.4 is 4.90 Å². The third-order valence-corrected chi connectivity index (χ3v) is 5.79. The van der Waals surface area contributed by atoms with Crippen LogP contribution in [0.4, 0.5) is 23.7 Å². The average molecular weight is 421 g/mol. The quantitative estimate of drug-likeness (QED) is 0.750. The van der Waals surface area contributed by atoms with E-state index in [1.54, 1.807) is 16.8 Å². The van der Waals surface area contributed by atoms with Crippen molar-refractivity contribution in [3.05, 3.63) is 41.2 Å². The first-order valence-corrected chi connectivity index (χ1v) is 9.68. The van der Waals surface area contributed by atoms with Gasteiger partial charge >= 0.3 is 12.2 Å². The number of fused-ring (bicyclic) bond motifs is 3. The molecule has 3 amide bonds. The van der Waals surface area contributed by atoms with Crippen LogP contribution in [0.2, 0.25) is 0 Å². The number of aliphatic imine (C=N–C) groups is 1. The summed E-state index contributed by atoms with van der Waals surface area (Å²) in [6.07, 6.45) is -4.47. The molecular formula is C20H22F3N5O2. The van der Waals surface area contributed by atoms with E-state index in [4.69, 9.17) is 0 Å². The maximum atomic E-state index is 13.1. The summed E-state index contributed by atoms with van der Waals surface area (Å²) in [4.78, 5) is 36.6. The number of nitrogens with zero attached hydrogens (tertiary/aromatic N) is 5. The predicted molar refractivity (Wildman–Crippen MR) is 104 cm³/mol. The molecule has 3 aliphatic rings. The summed E-state index contributed by atoms with van der Waals surface area (Å²) in [6, 6.07) is 3.72. The molecule has 160 valence electrons. The number of benzene rings is 1. The number of hydrogen-bond acceptors (Lipinski definition) is 5. The van der Waals surface area contributed by atoms with Gasteiger partial charge < -0.3 is 4.90 Å². The Morgan fingerprint density at radius 2 is 1.70 bits per heavy atom. The standard InChI is InChI=1S/C20H22F3N5O2/c1-5-10-26-17(29)15-16(25(4)19(26)30)24-18-27(11(2)12(3)28(15)18)14-8-6-13(7-9-14)20(21,22)23/h6-9,15-16H,5,10H2,1-4H3. The predicted octanol–water partition coefficient (Wildman–Crippen LogP) is 3.45. The van der Waals surface area contributed by atoms with Crippen molar-refractivity contribution in [3.8, 4) is 0 Å². The SMILES string of the molecule is CCCN1C(=O)C2C(N=C3N(c4ccc(C(F)(F)F)cc4)C(C)=C(C)N32)N(C)C1=O. The lowest BCUT2D eigenvalue weighted by atomic mass is 10.1. The minimum atomic E-state index is -4.42. The molecule has 4 rings (SSSR count). The summed E-state index contributed by atoms with van der Waals surface area (Å²) >= 11 is 0. The molecule has 30 heavy (non-hydrogen) atoms. The molecule has 0 spiro atoms. The van der Waals surface area contributed by atoms with E-state index in [1.807, 2.05) is 20.8 Å². The zero-order valence-corrected chi connectivity index (χ0v) is 17.1. The minimum Gasteiger partial charge on any atom is -0.302 e. The lowest BCUT2D eigenvalue weighted by Crippen LogP contribution is -2.64. The Morgan fingerprint density at radius 3 is 2.27 bits per heavy atom. The van der Waals surface area contributed by atoms with Crippen molar-refractivity contribution in [2.45, 2.75) is 45.6 Å². The number of urea groups is 1. The zero-order chi connectivity index (χ0) is 22.0. The molecule has 0 bridgehead atoms. The van der Waals surface area contributed by atoms with Gasteiger partial charge in [-0.25, -0.2) is 9.79 Å². The fraction of sp³-hybridized carbons (Fsp3) is 0.450. The molecule has 7 nitrogen and oxygen atoms in total. The Kier molecular flexibility index (Phi) is 4.55. The molecule has 1 fully saturated rings. The number of guanidine groups is 1. The minimum absolute atomic E-state index is 0.315. The van der Waals surface area contributed by atoms with Crippen LogP contribution in [0.1, 0.15) is 32.8 Å². The Hall–Kier alpha value is -3.04. The molecule has 10 heteroatoms. The number of alkyl halides is 3. The van der Waals surface area contributed by atoms with Gasteiger partial charge in [-0.05, 0) is 44.5 Å². The fourth-order valence-electron chi connectivity index (χ4n) is 4.15. The summed E-state index contributed by atoms with van der Waals surface area (Å²) in [7, 11) is 1.61. The van der Waals surface area contributed by atoms with Gasteiger partial charge in [-0.2, -0.15) is 13.2 Å². The third-order valence-electron chi connectivity index (χ3n) is 5.79. The molecule has 1 aromatic carbocycles. The third kappa shape index (κ3) is 2.77. The van der Waals surface area contributed by atoms with Gasteiger partial charge in [0.15, 0.2) is 12.2 Å². The smallest absolute Gasteiger partial charge is 0.302 e. The van der Waals surface area contributed by atoms with E-state index in [0.717, 1.165) is 23.5 Å².